The summed E-state index contributed by atoms with van der Waals surface area (Å²) in [6.45, 7) is 4.56. The molecule has 0 amide bonds. The van der Waals surface area contributed by atoms with Crippen LogP contribution < -0.4 is 5.32 Å². The third kappa shape index (κ3) is 3.53. The number of anilines is 1. The van der Waals surface area contributed by atoms with Gasteiger partial charge in [0.2, 0.25) is 5.95 Å². The third-order valence-electron chi connectivity index (χ3n) is 3.35. The van der Waals surface area contributed by atoms with Crippen LogP contribution in [0.3, 0.4) is 0 Å². The topological polar surface area (TPSA) is 69.2 Å². The Morgan fingerprint density at radius 1 is 1.29 bits per heavy atom. The van der Waals surface area contributed by atoms with Gasteiger partial charge in [-0.3, -0.25) is 0 Å². The van der Waals surface area contributed by atoms with E-state index in [1.807, 2.05) is 18.2 Å². The van der Waals surface area contributed by atoms with Gasteiger partial charge in [-0.1, -0.05) is 24.3 Å². The quantitative estimate of drug-likeness (QED) is 0.922. The summed E-state index contributed by atoms with van der Waals surface area (Å²) in [5.74, 6) is 0.505. The molecular formula is C15H18N4O2. The van der Waals surface area contributed by atoms with Gasteiger partial charge < -0.3 is 14.8 Å². The van der Waals surface area contributed by atoms with E-state index in [2.05, 4.69) is 33.5 Å². The highest BCUT2D eigenvalue weighted by molar-refractivity contribution is 5.63. The molecule has 1 fully saturated rings. The molecule has 6 heteroatoms. The molecule has 1 aliphatic rings. The predicted octanol–water partition coefficient (Wildman–Crippen LogP) is 1.67. The second-order valence-corrected chi connectivity index (χ2v) is 4.93. The number of hydrogen-bond donors (Lipinski definition) is 1. The van der Waals surface area contributed by atoms with Crippen LogP contribution in [0.15, 0.2) is 30.5 Å². The summed E-state index contributed by atoms with van der Waals surface area (Å²) >= 11 is 0. The number of nitrogens with one attached hydrogen (secondary N) is 1. The smallest absolute Gasteiger partial charge is 0.243 e. The average molecular weight is 286 g/mol. The number of hydrogen-bond acceptors (Lipinski definition) is 6. The monoisotopic (exact) mass is 286 g/mol. The van der Waals surface area contributed by atoms with Gasteiger partial charge in [-0.15, -0.1) is 5.10 Å². The van der Waals surface area contributed by atoms with Crippen LogP contribution in [0.4, 0.5) is 5.95 Å². The normalized spacial score (nSPS) is 18.4. The van der Waals surface area contributed by atoms with Crippen molar-refractivity contribution in [1.82, 2.24) is 15.2 Å². The first-order valence-electron chi connectivity index (χ1n) is 7.02. The van der Waals surface area contributed by atoms with Crippen molar-refractivity contribution in [3.8, 4) is 11.3 Å². The summed E-state index contributed by atoms with van der Waals surface area (Å²) in [5.41, 5.74) is 3.03. The van der Waals surface area contributed by atoms with Crippen molar-refractivity contribution >= 4 is 5.95 Å². The first-order chi connectivity index (χ1) is 10.3. The standard InChI is InChI=1S/C15H18N4O2/c1-11-4-2-3-5-13(11)14-9-17-19-15(18-14)16-8-12-10-20-6-7-21-12/h2-5,9,12H,6-8,10H2,1H3,(H,16,18,19). The van der Waals surface area contributed by atoms with E-state index in [0.717, 1.165) is 16.8 Å². The van der Waals surface area contributed by atoms with E-state index in [4.69, 9.17) is 9.47 Å². The second-order valence-electron chi connectivity index (χ2n) is 4.93. The van der Waals surface area contributed by atoms with E-state index >= 15 is 0 Å². The van der Waals surface area contributed by atoms with E-state index in [0.29, 0.717) is 32.3 Å². The molecule has 2 aromatic rings. The first-order valence-corrected chi connectivity index (χ1v) is 7.02. The molecule has 1 aromatic carbocycles. The molecule has 0 saturated carbocycles. The summed E-state index contributed by atoms with van der Waals surface area (Å²) in [5, 5.41) is 11.2. The van der Waals surface area contributed by atoms with Crippen LogP contribution >= 0.6 is 0 Å². The Morgan fingerprint density at radius 3 is 3.00 bits per heavy atom. The van der Waals surface area contributed by atoms with E-state index in [9.17, 15) is 0 Å². The molecule has 0 aliphatic carbocycles. The highest BCUT2D eigenvalue weighted by Gasteiger charge is 2.14. The SMILES string of the molecule is Cc1ccccc1-c1cnnc(NCC2COCCO2)n1. The fourth-order valence-corrected chi connectivity index (χ4v) is 2.23. The molecule has 1 saturated heterocycles. The summed E-state index contributed by atoms with van der Waals surface area (Å²) < 4.78 is 10.9. The Balaban J connectivity index is 1.70. The molecule has 2 heterocycles. The Bertz CT molecular complexity index is 600. The molecule has 0 radical (unpaired) electrons. The minimum absolute atomic E-state index is 0.0319. The van der Waals surface area contributed by atoms with Crippen molar-refractivity contribution in [2.24, 2.45) is 0 Å². The number of nitrogens with zero attached hydrogens (tertiary/aromatic N) is 3. The fourth-order valence-electron chi connectivity index (χ4n) is 2.23. The van der Waals surface area contributed by atoms with Crippen LogP contribution in [0.1, 0.15) is 5.56 Å². The van der Waals surface area contributed by atoms with Crippen molar-refractivity contribution in [2.45, 2.75) is 13.0 Å². The summed E-state index contributed by atoms with van der Waals surface area (Å²) in [4.78, 5) is 4.51. The molecule has 1 atom stereocenters. The molecule has 3 rings (SSSR count). The zero-order chi connectivity index (χ0) is 14.5. The molecule has 1 aliphatic heterocycles. The summed E-state index contributed by atoms with van der Waals surface area (Å²) in [7, 11) is 0. The molecule has 1 unspecified atom stereocenters. The highest BCUT2D eigenvalue weighted by atomic mass is 16.6. The molecule has 1 aromatic heterocycles. The van der Waals surface area contributed by atoms with Crippen molar-refractivity contribution in [3.63, 3.8) is 0 Å². The lowest BCUT2D eigenvalue weighted by atomic mass is 10.1. The molecular weight excluding hydrogens is 268 g/mol. The van der Waals surface area contributed by atoms with Crippen LogP contribution in [0.5, 0.6) is 0 Å². The largest absolute Gasteiger partial charge is 0.376 e. The number of aryl methyl sites for hydroxylation is 1. The maximum absolute atomic E-state index is 5.57. The van der Waals surface area contributed by atoms with Gasteiger partial charge in [0, 0.05) is 12.1 Å². The molecule has 21 heavy (non-hydrogen) atoms. The number of rotatable bonds is 4. The highest BCUT2D eigenvalue weighted by Crippen LogP contribution is 2.20. The lowest BCUT2D eigenvalue weighted by Gasteiger charge is -2.22. The van der Waals surface area contributed by atoms with Gasteiger partial charge in [0.1, 0.15) is 0 Å². The number of benzene rings is 1. The van der Waals surface area contributed by atoms with Crippen LogP contribution in [0, 0.1) is 6.92 Å². The van der Waals surface area contributed by atoms with Crippen molar-refractivity contribution in [1.29, 1.82) is 0 Å². The molecule has 6 nitrogen and oxygen atoms in total. The molecule has 1 N–H and O–H groups in total. The van der Waals surface area contributed by atoms with E-state index in [1.54, 1.807) is 6.20 Å². The second kappa shape index (κ2) is 6.60. The van der Waals surface area contributed by atoms with Gasteiger partial charge in [0.05, 0.1) is 37.8 Å². The van der Waals surface area contributed by atoms with Gasteiger partial charge in [-0.05, 0) is 12.5 Å². The van der Waals surface area contributed by atoms with Gasteiger partial charge in [-0.25, -0.2) is 4.98 Å². The predicted molar refractivity (Wildman–Crippen MR) is 79.0 cm³/mol. The molecule has 0 bridgehead atoms. The minimum atomic E-state index is 0.0319. The zero-order valence-electron chi connectivity index (χ0n) is 12.0. The maximum Gasteiger partial charge on any atom is 0.243 e. The lowest BCUT2D eigenvalue weighted by molar-refractivity contribution is -0.0819. The van der Waals surface area contributed by atoms with Gasteiger partial charge >= 0.3 is 0 Å². The number of ether oxygens (including phenoxy) is 2. The zero-order valence-corrected chi connectivity index (χ0v) is 12.0. The summed E-state index contributed by atoms with van der Waals surface area (Å²) in [6.07, 6.45) is 1.71. The summed E-state index contributed by atoms with van der Waals surface area (Å²) in [6, 6.07) is 8.08. The van der Waals surface area contributed by atoms with E-state index < -0.39 is 0 Å². The van der Waals surface area contributed by atoms with Gasteiger partial charge in [0.15, 0.2) is 0 Å². The van der Waals surface area contributed by atoms with Crippen molar-refractivity contribution < 1.29 is 9.47 Å². The Hall–Kier alpha value is -2.05. The fraction of sp³-hybridized carbons (Fsp3) is 0.400. The van der Waals surface area contributed by atoms with Crippen molar-refractivity contribution in [2.75, 3.05) is 31.7 Å². The maximum atomic E-state index is 5.57. The molecule has 0 spiro atoms. The third-order valence-corrected chi connectivity index (χ3v) is 3.35. The van der Waals surface area contributed by atoms with Crippen LogP contribution in [0.25, 0.3) is 11.3 Å². The molecule has 110 valence electrons. The lowest BCUT2D eigenvalue weighted by Crippen LogP contribution is -2.34. The Kier molecular flexibility index (Phi) is 4.37. The van der Waals surface area contributed by atoms with E-state index in [1.165, 1.54) is 0 Å². The average Bonchev–Trinajstić information content (AvgIpc) is 2.55. The van der Waals surface area contributed by atoms with Crippen LogP contribution in [0.2, 0.25) is 0 Å². The van der Waals surface area contributed by atoms with Crippen molar-refractivity contribution in [3.05, 3.63) is 36.0 Å². The van der Waals surface area contributed by atoms with Crippen LogP contribution in [-0.4, -0.2) is 47.7 Å². The van der Waals surface area contributed by atoms with E-state index in [-0.39, 0.29) is 6.10 Å². The van der Waals surface area contributed by atoms with Gasteiger partial charge in [-0.2, -0.15) is 5.10 Å². The Morgan fingerprint density at radius 2 is 2.19 bits per heavy atom. The first kappa shape index (κ1) is 13.9. The van der Waals surface area contributed by atoms with Crippen LogP contribution in [-0.2, 0) is 9.47 Å². The minimum Gasteiger partial charge on any atom is -0.376 e. The Labute approximate surface area is 123 Å². The number of aromatic nitrogens is 3. The van der Waals surface area contributed by atoms with Gasteiger partial charge in [0.25, 0.3) is 0 Å².